The maximum absolute atomic E-state index is 6.02. The molecule has 0 spiro atoms. The van der Waals surface area contributed by atoms with Crippen LogP contribution < -0.4 is 4.74 Å². The summed E-state index contributed by atoms with van der Waals surface area (Å²) in [5, 5.41) is 0. The number of nitrogens with one attached hydrogen (secondary N) is 1. The topological polar surface area (TPSA) is 28.0 Å². The first-order chi connectivity index (χ1) is 10.4. The molecule has 0 amide bonds. The van der Waals surface area contributed by atoms with E-state index in [-0.39, 0.29) is 0 Å². The lowest BCUT2D eigenvalue weighted by Gasteiger charge is -2.16. The van der Waals surface area contributed by atoms with Crippen molar-refractivity contribution in [1.82, 2.24) is 4.98 Å². The van der Waals surface area contributed by atoms with Gasteiger partial charge in [-0.25, -0.2) is 0 Å². The predicted molar refractivity (Wildman–Crippen MR) is 83.3 cm³/mol. The third-order valence-corrected chi connectivity index (χ3v) is 3.66. The van der Waals surface area contributed by atoms with Crippen LogP contribution in [-0.4, -0.2) is 22.5 Å². The van der Waals surface area contributed by atoms with Crippen LogP contribution >= 0.6 is 0 Å². The van der Waals surface area contributed by atoms with Crippen LogP contribution in [0.1, 0.15) is 5.56 Å². The van der Waals surface area contributed by atoms with Crippen LogP contribution in [0.4, 0.5) is 5.69 Å². The van der Waals surface area contributed by atoms with Crippen molar-refractivity contribution in [2.75, 3.05) is 6.73 Å². The quantitative estimate of drug-likeness (QED) is 0.708. The monoisotopic (exact) mass is 275 g/mol. The van der Waals surface area contributed by atoms with Crippen LogP contribution in [0, 0.1) is 0 Å². The summed E-state index contributed by atoms with van der Waals surface area (Å²) in [4.78, 5) is 3.24. The fraction of sp³-hybridized carbons (Fsp3) is 0.0556. The molecule has 0 aliphatic carbocycles. The molecule has 0 unspecified atom stereocenters. The zero-order valence-corrected chi connectivity index (χ0v) is 11.5. The van der Waals surface area contributed by atoms with Gasteiger partial charge in [0.2, 0.25) is 5.69 Å². The first-order valence-electron chi connectivity index (χ1n) is 6.98. The fourth-order valence-electron chi connectivity index (χ4n) is 2.64. The predicted octanol–water partition coefficient (Wildman–Crippen LogP) is 3.79. The van der Waals surface area contributed by atoms with E-state index in [4.69, 9.17) is 4.74 Å². The smallest absolute Gasteiger partial charge is 0.292 e. The van der Waals surface area contributed by atoms with Gasteiger partial charge in [-0.2, -0.15) is 4.58 Å². The Kier molecular flexibility index (Phi) is 2.82. The van der Waals surface area contributed by atoms with E-state index in [1.54, 1.807) is 0 Å². The van der Waals surface area contributed by atoms with E-state index < -0.39 is 0 Å². The highest BCUT2D eigenvalue weighted by Gasteiger charge is 2.21. The molecule has 0 saturated carbocycles. The van der Waals surface area contributed by atoms with E-state index >= 15 is 0 Å². The average molecular weight is 275 g/mol. The molecule has 4 rings (SSSR count). The van der Waals surface area contributed by atoms with E-state index in [9.17, 15) is 0 Å². The molecule has 2 heterocycles. The van der Waals surface area contributed by atoms with Gasteiger partial charge in [-0.3, -0.25) is 0 Å². The van der Waals surface area contributed by atoms with Crippen molar-refractivity contribution < 1.29 is 9.31 Å². The number of hydrogen-bond acceptors (Lipinski definition) is 1. The largest absolute Gasteiger partial charge is 0.434 e. The number of aromatic amines is 1. The second-order valence-electron chi connectivity index (χ2n) is 5.02. The Hall–Kier alpha value is -2.81. The number of nitrogens with zero attached hydrogens (tertiary/aromatic N) is 1. The molecule has 0 bridgehead atoms. The number of aromatic nitrogens is 1. The van der Waals surface area contributed by atoms with Crippen LogP contribution in [0.25, 0.3) is 11.3 Å². The molecule has 1 N–H and O–H groups in total. The first-order valence-corrected chi connectivity index (χ1v) is 6.98. The van der Waals surface area contributed by atoms with Gasteiger partial charge < -0.3 is 9.72 Å². The van der Waals surface area contributed by atoms with Crippen LogP contribution in [-0.2, 0) is 0 Å². The molecule has 0 saturated heterocycles. The fourth-order valence-corrected chi connectivity index (χ4v) is 2.64. The molecule has 1 aliphatic heterocycles. The summed E-state index contributed by atoms with van der Waals surface area (Å²) in [6.45, 7) is 0.523. The van der Waals surface area contributed by atoms with Crippen molar-refractivity contribution in [3.8, 4) is 17.0 Å². The van der Waals surface area contributed by atoms with Gasteiger partial charge in [0.1, 0.15) is 5.75 Å². The van der Waals surface area contributed by atoms with E-state index in [1.165, 1.54) is 0 Å². The van der Waals surface area contributed by atoms with Gasteiger partial charge in [0.05, 0.1) is 5.56 Å². The first kappa shape index (κ1) is 12.0. The standard InChI is InChI=1S/C18H15N2O/c1-2-7-15(8-3-1)20-12-14-6-4-9-16(18(14)21-13-20)17-10-5-11-19-17/h1-12,19H,13H2/q+1. The molecule has 1 aromatic heterocycles. The third-order valence-electron chi connectivity index (χ3n) is 3.66. The van der Waals surface area contributed by atoms with Crippen molar-refractivity contribution >= 4 is 11.9 Å². The molecular weight excluding hydrogens is 260 g/mol. The van der Waals surface area contributed by atoms with Crippen molar-refractivity contribution in [1.29, 1.82) is 0 Å². The van der Waals surface area contributed by atoms with Crippen molar-refractivity contribution in [3.63, 3.8) is 0 Å². The normalized spacial score (nSPS) is 13.2. The molecule has 3 nitrogen and oxygen atoms in total. The molecule has 102 valence electrons. The molecular formula is C18H15N2O+. The average Bonchev–Trinajstić information content (AvgIpc) is 3.09. The molecule has 0 radical (unpaired) electrons. The summed E-state index contributed by atoms with van der Waals surface area (Å²) < 4.78 is 8.13. The van der Waals surface area contributed by atoms with Gasteiger partial charge in [-0.1, -0.05) is 24.3 Å². The maximum Gasteiger partial charge on any atom is 0.292 e. The Bertz CT molecular complexity index is 789. The van der Waals surface area contributed by atoms with Gasteiger partial charge in [0.25, 0.3) is 6.73 Å². The summed E-state index contributed by atoms with van der Waals surface area (Å²) in [6.07, 6.45) is 4.07. The molecule has 2 aromatic carbocycles. The zero-order chi connectivity index (χ0) is 14.1. The molecule has 3 heteroatoms. The lowest BCUT2D eigenvalue weighted by Crippen LogP contribution is -2.21. The van der Waals surface area contributed by atoms with E-state index in [0.717, 1.165) is 28.3 Å². The minimum atomic E-state index is 0.523. The van der Waals surface area contributed by atoms with Gasteiger partial charge in [0, 0.05) is 29.6 Å². The number of H-pyrrole nitrogens is 1. The zero-order valence-electron chi connectivity index (χ0n) is 11.5. The van der Waals surface area contributed by atoms with Crippen molar-refractivity contribution in [2.45, 2.75) is 0 Å². The van der Waals surface area contributed by atoms with Gasteiger partial charge >= 0.3 is 0 Å². The van der Waals surface area contributed by atoms with Gasteiger partial charge in [0.15, 0.2) is 6.21 Å². The SMILES string of the molecule is C1=[N+](c2ccccc2)COc2c1cccc2-c1ccc[nH]1. The minimum absolute atomic E-state index is 0.523. The Morgan fingerprint density at radius 1 is 0.905 bits per heavy atom. The van der Waals surface area contributed by atoms with Crippen LogP contribution in [0.3, 0.4) is 0 Å². The number of para-hydroxylation sites is 2. The summed E-state index contributed by atoms with van der Waals surface area (Å²) in [6, 6.07) is 20.5. The van der Waals surface area contributed by atoms with Gasteiger partial charge in [-0.15, -0.1) is 0 Å². The number of rotatable bonds is 2. The summed E-state index contributed by atoms with van der Waals surface area (Å²) in [5.74, 6) is 0.937. The van der Waals surface area contributed by atoms with E-state index in [2.05, 4.69) is 52.2 Å². The highest BCUT2D eigenvalue weighted by atomic mass is 16.5. The number of benzene rings is 2. The molecule has 0 fully saturated rings. The molecule has 21 heavy (non-hydrogen) atoms. The maximum atomic E-state index is 6.02. The third kappa shape index (κ3) is 2.13. The highest BCUT2D eigenvalue weighted by molar-refractivity contribution is 5.87. The van der Waals surface area contributed by atoms with Gasteiger partial charge in [-0.05, 0) is 24.3 Å². The highest BCUT2D eigenvalue weighted by Crippen LogP contribution is 2.33. The Morgan fingerprint density at radius 2 is 1.81 bits per heavy atom. The molecule has 0 atom stereocenters. The van der Waals surface area contributed by atoms with Crippen LogP contribution in [0.5, 0.6) is 5.75 Å². The summed E-state index contributed by atoms with van der Waals surface area (Å²) in [7, 11) is 0. The molecule has 1 aliphatic rings. The van der Waals surface area contributed by atoms with E-state index in [0.29, 0.717) is 6.73 Å². The molecule has 3 aromatic rings. The van der Waals surface area contributed by atoms with E-state index in [1.807, 2.05) is 30.5 Å². The lowest BCUT2D eigenvalue weighted by atomic mass is 10.1. The summed E-state index contributed by atoms with van der Waals surface area (Å²) in [5.41, 5.74) is 4.40. The summed E-state index contributed by atoms with van der Waals surface area (Å²) >= 11 is 0. The minimum Gasteiger partial charge on any atom is -0.434 e. The number of hydrogen-bond donors (Lipinski definition) is 1. The Morgan fingerprint density at radius 3 is 2.62 bits per heavy atom. The number of ether oxygens (including phenoxy) is 1. The van der Waals surface area contributed by atoms with Crippen molar-refractivity contribution in [2.24, 2.45) is 0 Å². The van der Waals surface area contributed by atoms with Crippen LogP contribution in [0.15, 0.2) is 66.9 Å². The van der Waals surface area contributed by atoms with Crippen molar-refractivity contribution in [3.05, 3.63) is 72.4 Å². The Labute approximate surface area is 123 Å². The second kappa shape index (κ2) is 4.94. The lowest BCUT2D eigenvalue weighted by molar-refractivity contribution is -0.476. The number of fused-ring (bicyclic) bond motifs is 1. The van der Waals surface area contributed by atoms with Crippen LogP contribution in [0.2, 0.25) is 0 Å². The second-order valence-corrected chi connectivity index (χ2v) is 5.02. The Balaban J connectivity index is 1.81.